The molecule has 0 atom stereocenters. The zero-order valence-corrected chi connectivity index (χ0v) is 18.9. The number of halogens is 3. The van der Waals surface area contributed by atoms with Crippen LogP contribution in [0, 0.1) is 0 Å². The number of aromatic nitrogens is 5. The molecule has 3 aromatic heterocycles. The van der Waals surface area contributed by atoms with E-state index >= 15 is 0 Å². The Labute approximate surface area is 198 Å². The molecular weight excluding hydrogens is 457 g/mol. The van der Waals surface area contributed by atoms with Crippen molar-refractivity contribution in [3.05, 3.63) is 78.2 Å². The van der Waals surface area contributed by atoms with E-state index < -0.39 is 11.9 Å². The maximum Gasteiger partial charge on any atom is 0.432 e. The lowest BCUT2D eigenvalue weighted by molar-refractivity contribution is -0.140. The predicted octanol–water partition coefficient (Wildman–Crippen LogP) is 6.48. The summed E-state index contributed by atoms with van der Waals surface area (Å²) in [6, 6.07) is 16.8. The van der Waals surface area contributed by atoms with E-state index in [9.17, 15) is 13.2 Å². The van der Waals surface area contributed by atoms with Crippen LogP contribution in [0.25, 0.3) is 22.6 Å². The van der Waals surface area contributed by atoms with Crippen molar-refractivity contribution in [2.45, 2.75) is 19.5 Å². The molecule has 0 amide bonds. The number of benzene rings is 2. The van der Waals surface area contributed by atoms with Gasteiger partial charge in [-0.3, -0.25) is 4.98 Å². The van der Waals surface area contributed by atoms with Gasteiger partial charge in [0, 0.05) is 31.1 Å². The number of nitrogens with one attached hydrogen (secondary N) is 2. The Bertz CT molecular complexity index is 1490. The first-order valence-electron chi connectivity index (χ1n) is 10.9. The number of H-pyrrole nitrogens is 1. The molecule has 3 heterocycles. The van der Waals surface area contributed by atoms with E-state index in [2.05, 4.69) is 44.3 Å². The average molecular weight is 478 g/mol. The number of ether oxygens (including phenoxy) is 1. The van der Waals surface area contributed by atoms with Gasteiger partial charge < -0.3 is 19.6 Å². The third kappa shape index (κ3) is 4.68. The quantitative estimate of drug-likeness (QED) is 0.292. The van der Waals surface area contributed by atoms with Gasteiger partial charge in [0.1, 0.15) is 22.9 Å². The fourth-order valence-electron chi connectivity index (χ4n) is 3.64. The minimum atomic E-state index is -4.51. The Balaban J connectivity index is 1.37. The molecule has 0 saturated heterocycles. The number of hydrogen-bond acceptors (Lipinski definition) is 5. The van der Waals surface area contributed by atoms with Crippen LogP contribution in [0.3, 0.4) is 0 Å². The number of imidazole rings is 2. The summed E-state index contributed by atoms with van der Waals surface area (Å²) >= 11 is 0. The van der Waals surface area contributed by atoms with Crippen molar-refractivity contribution in [3.63, 3.8) is 0 Å². The second-order valence-electron chi connectivity index (χ2n) is 7.94. The van der Waals surface area contributed by atoms with Crippen LogP contribution in [-0.4, -0.2) is 24.5 Å². The van der Waals surface area contributed by atoms with Crippen molar-refractivity contribution in [2.75, 3.05) is 5.32 Å². The molecule has 0 aliphatic rings. The molecule has 7 nitrogen and oxygen atoms in total. The maximum absolute atomic E-state index is 12.9. The van der Waals surface area contributed by atoms with E-state index in [4.69, 9.17) is 4.74 Å². The summed E-state index contributed by atoms with van der Waals surface area (Å²) < 4.78 is 46.5. The van der Waals surface area contributed by atoms with Crippen LogP contribution in [0.1, 0.15) is 18.2 Å². The average Bonchev–Trinajstić information content (AvgIpc) is 3.46. The Morgan fingerprint density at radius 3 is 2.49 bits per heavy atom. The van der Waals surface area contributed by atoms with Gasteiger partial charge in [-0.2, -0.15) is 13.2 Å². The highest BCUT2D eigenvalue weighted by atomic mass is 19.4. The molecule has 5 aromatic rings. The van der Waals surface area contributed by atoms with E-state index in [1.807, 2.05) is 29.8 Å². The van der Waals surface area contributed by atoms with Gasteiger partial charge in [-0.1, -0.05) is 19.1 Å². The molecule has 10 heteroatoms. The van der Waals surface area contributed by atoms with Crippen LogP contribution in [0.4, 0.5) is 24.8 Å². The van der Waals surface area contributed by atoms with Crippen molar-refractivity contribution >= 4 is 22.7 Å². The number of anilines is 2. The standard InChI is InChI=1S/C25H21F3N6O/c1-3-15-4-6-16(7-5-15)31-24-32-19-12-17(8-9-21(19)34(24)2)35-18-10-11-29-20(13-18)23-30-14-22(33-23)25(26,27)28/h4-14H,3H2,1-2H3,(H,30,33)(H,31,32). The van der Waals surface area contributed by atoms with Crippen molar-refractivity contribution in [2.24, 2.45) is 7.05 Å². The normalized spacial score (nSPS) is 11.7. The predicted molar refractivity (Wildman–Crippen MR) is 127 cm³/mol. The molecule has 0 spiro atoms. The topological polar surface area (TPSA) is 80.7 Å². The van der Waals surface area contributed by atoms with Crippen LogP contribution >= 0.6 is 0 Å². The Morgan fingerprint density at radius 1 is 1.00 bits per heavy atom. The SMILES string of the molecule is CCc1ccc(Nc2nc3cc(Oc4ccnc(-c5ncc(C(F)(F)F)[nH]5)c4)ccc3n2C)cc1. The van der Waals surface area contributed by atoms with Crippen LogP contribution < -0.4 is 10.1 Å². The van der Waals surface area contributed by atoms with E-state index in [0.717, 1.165) is 29.3 Å². The lowest BCUT2D eigenvalue weighted by atomic mass is 10.1. The highest BCUT2D eigenvalue weighted by Gasteiger charge is 2.33. The van der Waals surface area contributed by atoms with Crippen LogP contribution in [0.15, 0.2) is 67.0 Å². The molecule has 0 aliphatic carbocycles. The first-order valence-corrected chi connectivity index (χ1v) is 10.9. The van der Waals surface area contributed by atoms with Crippen molar-refractivity contribution in [3.8, 4) is 23.0 Å². The molecule has 5 rings (SSSR count). The monoisotopic (exact) mass is 478 g/mol. The molecule has 178 valence electrons. The highest BCUT2D eigenvalue weighted by Crippen LogP contribution is 2.31. The number of fused-ring (bicyclic) bond motifs is 1. The second-order valence-corrected chi connectivity index (χ2v) is 7.94. The lowest BCUT2D eigenvalue weighted by Crippen LogP contribution is -2.04. The maximum atomic E-state index is 12.9. The van der Waals surface area contributed by atoms with Gasteiger partial charge in [-0.05, 0) is 42.3 Å². The second kappa shape index (κ2) is 8.79. The van der Waals surface area contributed by atoms with Crippen LogP contribution in [0.2, 0.25) is 0 Å². The molecule has 0 fully saturated rings. The number of alkyl halides is 3. The van der Waals surface area contributed by atoms with Crippen molar-refractivity contribution in [1.29, 1.82) is 0 Å². The number of aryl methyl sites for hydroxylation is 2. The Kier molecular flexibility index (Phi) is 5.64. The molecule has 35 heavy (non-hydrogen) atoms. The summed E-state index contributed by atoms with van der Waals surface area (Å²) in [4.78, 5) is 14.8. The molecule has 2 aromatic carbocycles. The first-order chi connectivity index (χ1) is 16.8. The minimum absolute atomic E-state index is 0.00522. The van der Waals surface area contributed by atoms with Gasteiger partial charge in [0.05, 0.1) is 17.2 Å². The molecule has 2 N–H and O–H groups in total. The highest BCUT2D eigenvalue weighted by molar-refractivity contribution is 5.81. The van der Waals surface area contributed by atoms with Crippen molar-refractivity contribution in [1.82, 2.24) is 24.5 Å². The van der Waals surface area contributed by atoms with Crippen LogP contribution in [0.5, 0.6) is 11.5 Å². The molecular formula is C25H21F3N6O. The summed E-state index contributed by atoms with van der Waals surface area (Å²) in [7, 11) is 1.92. The molecule has 0 bridgehead atoms. The third-order valence-corrected chi connectivity index (χ3v) is 5.56. The van der Waals surface area contributed by atoms with E-state index in [0.29, 0.717) is 17.4 Å². The van der Waals surface area contributed by atoms with Crippen molar-refractivity contribution < 1.29 is 17.9 Å². The van der Waals surface area contributed by atoms with Gasteiger partial charge >= 0.3 is 6.18 Å². The third-order valence-electron chi connectivity index (χ3n) is 5.56. The summed E-state index contributed by atoms with van der Waals surface area (Å²) in [5, 5.41) is 3.33. The number of hydrogen-bond donors (Lipinski definition) is 2. The molecule has 0 saturated carbocycles. The summed E-state index contributed by atoms with van der Waals surface area (Å²) in [6.07, 6.45) is -1.34. The number of rotatable bonds is 6. The number of aromatic amines is 1. The minimum Gasteiger partial charge on any atom is -0.457 e. The van der Waals surface area contributed by atoms with E-state index in [1.54, 1.807) is 18.2 Å². The lowest BCUT2D eigenvalue weighted by Gasteiger charge is -2.07. The zero-order chi connectivity index (χ0) is 24.6. The smallest absolute Gasteiger partial charge is 0.432 e. The summed E-state index contributed by atoms with van der Waals surface area (Å²) in [5.41, 5.74) is 3.13. The largest absolute Gasteiger partial charge is 0.457 e. The zero-order valence-electron chi connectivity index (χ0n) is 18.9. The van der Waals surface area contributed by atoms with Gasteiger partial charge in [-0.25, -0.2) is 9.97 Å². The Morgan fingerprint density at radius 2 is 1.77 bits per heavy atom. The summed E-state index contributed by atoms with van der Waals surface area (Å²) in [5.74, 6) is 1.63. The van der Waals surface area contributed by atoms with Gasteiger partial charge in [-0.15, -0.1) is 0 Å². The number of nitrogens with zero attached hydrogens (tertiary/aromatic N) is 4. The molecule has 0 radical (unpaired) electrons. The van der Waals surface area contributed by atoms with E-state index in [-0.39, 0.29) is 11.5 Å². The number of pyridine rings is 1. The molecule has 0 unspecified atom stereocenters. The van der Waals surface area contributed by atoms with Gasteiger partial charge in [0.15, 0.2) is 5.82 Å². The molecule has 0 aliphatic heterocycles. The Hall–Kier alpha value is -4.34. The summed E-state index contributed by atoms with van der Waals surface area (Å²) in [6.45, 7) is 2.11. The fourth-order valence-corrected chi connectivity index (χ4v) is 3.64. The fraction of sp³-hybridized carbons (Fsp3) is 0.160. The van der Waals surface area contributed by atoms with E-state index in [1.165, 1.54) is 17.8 Å². The van der Waals surface area contributed by atoms with Gasteiger partial charge in [0.2, 0.25) is 5.95 Å². The van der Waals surface area contributed by atoms with Crippen LogP contribution in [-0.2, 0) is 19.6 Å². The first kappa shape index (κ1) is 22.5. The van der Waals surface area contributed by atoms with Gasteiger partial charge in [0.25, 0.3) is 0 Å².